The molecule has 0 atom stereocenters. The molecule has 150 valence electrons. The number of sulfonamides is 1. The van der Waals surface area contributed by atoms with Crippen molar-refractivity contribution >= 4 is 15.7 Å². The Morgan fingerprint density at radius 3 is 2.48 bits per heavy atom. The van der Waals surface area contributed by atoms with Crippen molar-refractivity contribution in [3.05, 3.63) is 76.3 Å². The maximum atomic E-state index is 12.4. The molecule has 3 aromatic rings. The van der Waals surface area contributed by atoms with Gasteiger partial charge in [-0.2, -0.15) is 0 Å². The van der Waals surface area contributed by atoms with Gasteiger partial charge in [0.05, 0.1) is 15.5 Å². The van der Waals surface area contributed by atoms with E-state index in [1.807, 2.05) is 30.3 Å². The summed E-state index contributed by atoms with van der Waals surface area (Å²) in [5, 5.41) is 18.9. The van der Waals surface area contributed by atoms with Gasteiger partial charge in [-0.05, 0) is 18.6 Å². The van der Waals surface area contributed by atoms with Crippen LogP contribution in [0.2, 0.25) is 0 Å². The van der Waals surface area contributed by atoms with E-state index in [2.05, 4.69) is 14.9 Å². The maximum absolute atomic E-state index is 12.4. The molecular formula is C19H18N4O5S. The molecular weight excluding hydrogens is 396 g/mol. The molecule has 0 aliphatic carbocycles. The predicted molar refractivity (Wildman–Crippen MR) is 106 cm³/mol. The van der Waals surface area contributed by atoms with Gasteiger partial charge < -0.3 is 4.74 Å². The van der Waals surface area contributed by atoms with Crippen LogP contribution in [0.1, 0.15) is 5.56 Å². The van der Waals surface area contributed by atoms with Crippen LogP contribution in [-0.4, -0.2) is 36.7 Å². The number of aryl methyl sites for hydroxylation is 1. The van der Waals surface area contributed by atoms with Gasteiger partial charge in [-0.15, -0.1) is 10.2 Å². The van der Waals surface area contributed by atoms with Gasteiger partial charge >= 0.3 is 0 Å². The Bertz CT molecular complexity index is 1100. The zero-order chi connectivity index (χ0) is 20.9. The molecule has 0 saturated heterocycles. The number of non-ortho nitro benzene ring substituents is 1. The number of ether oxygens (including phenoxy) is 1. The second kappa shape index (κ2) is 8.76. The molecule has 10 heteroatoms. The summed E-state index contributed by atoms with van der Waals surface area (Å²) in [7, 11) is -3.91. The Kier molecular flexibility index (Phi) is 6.15. The first kappa shape index (κ1) is 20.4. The van der Waals surface area contributed by atoms with Gasteiger partial charge in [0.15, 0.2) is 0 Å². The standard InChI is InChI=1S/C19H18N4O5S/c1-14-7-8-16(23(24)25)13-18(14)29(26,27)20-11-12-28-19-10-9-17(21-22-19)15-5-3-2-4-6-15/h2-10,13,20H,11-12H2,1H3. The summed E-state index contributed by atoms with van der Waals surface area (Å²) in [4.78, 5) is 10.1. The second-order valence-corrected chi connectivity index (χ2v) is 7.81. The summed E-state index contributed by atoms with van der Waals surface area (Å²) in [6.07, 6.45) is 0. The van der Waals surface area contributed by atoms with E-state index < -0.39 is 14.9 Å². The highest BCUT2D eigenvalue weighted by molar-refractivity contribution is 7.89. The number of rotatable bonds is 8. The van der Waals surface area contributed by atoms with Gasteiger partial charge in [0.1, 0.15) is 6.61 Å². The monoisotopic (exact) mass is 414 g/mol. The molecule has 1 heterocycles. The van der Waals surface area contributed by atoms with E-state index in [0.717, 1.165) is 11.6 Å². The maximum Gasteiger partial charge on any atom is 0.270 e. The van der Waals surface area contributed by atoms with Crippen molar-refractivity contribution < 1.29 is 18.1 Å². The Morgan fingerprint density at radius 1 is 1.07 bits per heavy atom. The van der Waals surface area contributed by atoms with Crippen LogP contribution >= 0.6 is 0 Å². The van der Waals surface area contributed by atoms with Crippen LogP contribution < -0.4 is 9.46 Å². The van der Waals surface area contributed by atoms with Gasteiger partial charge in [0.2, 0.25) is 15.9 Å². The van der Waals surface area contributed by atoms with Crippen molar-refractivity contribution in [2.45, 2.75) is 11.8 Å². The molecule has 3 rings (SSSR count). The van der Waals surface area contributed by atoms with E-state index in [1.165, 1.54) is 12.1 Å². The quantitative estimate of drug-likeness (QED) is 0.341. The number of hydrogen-bond donors (Lipinski definition) is 1. The van der Waals surface area contributed by atoms with Gasteiger partial charge in [-0.3, -0.25) is 10.1 Å². The molecule has 1 aromatic heterocycles. The Morgan fingerprint density at radius 2 is 1.83 bits per heavy atom. The summed E-state index contributed by atoms with van der Waals surface area (Å²) in [6, 6.07) is 16.6. The van der Waals surface area contributed by atoms with E-state index in [1.54, 1.807) is 19.1 Å². The molecule has 0 radical (unpaired) electrons. The smallest absolute Gasteiger partial charge is 0.270 e. The average molecular weight is 414 g/mol. The van der Waals surface area contributed by atoms with E-state index >= 15 is 0 Å². The number of nitrogens with one attached hydrogen (secondary N) is 1. The number of hydrogen-bond acceptors (Lipinski definition) is 7. The van der Waals surface area contributed by atoms with E-state index in [9.17, 15) is 18.5 Å². The lowest BCUT2D eigenvalue weighted by atomic mass is 10.1. The summed E-state index contributed by atoms with van der Waals surface area (Å²) in [5.74, 6) is 0.260. The largest absolute Gasteiger partial charge is 0.475 e. The molecule has 0 aliphatic heterocycles. The first-order chi connectivity index (χ1) is 13.9. The van der Waals surface area contributed by atoms with E-state index in [4.69, 9.17) is 4.74 Å². The molecule has 0 spiro atoms. The number of nitro groups is 1. The fourth-order valence-corrected chi connectivity index (χ4v) is 3.84. The van der Waals surface area contributed by atoms with Crippen LogP contribution in [0.25, 0.3) is 11.3 Å². The number of nitro benzene ring substituents is 1. The summed E-state index contributed by atoms with van der Waals surface area (Å²) in [5.41, 5.74) is 1.74. The van der Waals surface area contributed by atoms with E-state index in [0.29, 0.717) is 11.3 Å². The Labute approximate surface area is 167 Å². The molecule has 0 unspecified atom stereocenters. The highest BCUT2D eigenvalue weighted by Gasteiger charge is 2.20. The zero-order valence-corrected chi connectivity index (χ0v) is 16.3. The second-order valence-electron chi connectivity index (χ2n) is 6.08. The van der Waals surface area contributed by atoms with Gasteiger partial charge in [-0.1, -0.05) is 36.4 Å². The minimum absolute atomic E-state index is 0.0204. The summed E-state index contributed by atoms with van der Waals surface area (Å²) >= 11 is 0. The third-order valence-corrected chi connectivity index (χ3v) is 5.63. The van der Waals surface area contributed by atoms with Crippen LogP contribution in [0.3, 0.4) is 0 Å². The topological polar surface area (TPSA) is 124 Å². The third kappa shape index (κ3) is 5.12. The molecule has 0 amide bonds. The Balaban J connectivity index is 1.57. The number of benzene rings is 2. The molecule has 0 aliphatic rings. The fraction of sp³-hybridized carbons (Fsp3) is 0.158. The molecule has 0 fully saturated rings. The van der Waals surface area contributed by atoms with Crippen molar-refractivity contribution in [1.82, 2.24) is 14.9 Å². The number of nitrogens with zero attached hydrogens (tertiary/aromatic N) is 3. The molecule has 1 N–H and O–H groups in total. The SMILES string of the molecule is Cc1ccc([N+](=O)[O-])cc1S(=O)(=O)NCCOc1ccc(-c2ccccc2)nn1. The molecule has 2 aromatic carbocycles. The van der Waals surface area contributed by atoms with Crippen LogP contribution in [0.4, 0.5) is 5.69 Å². The van der Waals surface area contributed by atoms with Crippen molar-refractivity contribution in [3.63, 3.8) is 0 Å². The molecule has 0 saturated carbocycles. The summed E-state index contributed by atoms with van der Waals surface area (Å²) < 4.78 is 32.6. The normalized spacial score (nSPS) is 11.2. The number of aromatic nitrogens is 2. The van der Waals surface area contributed by atoms with Crippen molar-refractivity contribution in [2.24, 2.45) is 0 Å². The van der Waals surface area contributed by atoms with Crippen molar-refractivity contribution in [2.75, 3.05) is 13.2 Å². The molecule has 29 heavy (non-hydrogen) atoms. The first-order valence-corrected chi connectivity index (χ1v) is 10.1. The van der Waals surface area contributed by atoms with Crippen molar-refractivity contribution in [1.29, 1.82) is 0 Å². The predicted octanol–water partition coefficient (Wildman–Crippen LogP) is 2.72. The Hall–Kier alpha value is -3.37. The zero-order valence-electron chi connectivity index (χ0n) is 15.5. The van der Waals surface area contributed by atoms with Crippen LogP contribution in [0.5, 0.6) is 5.88 Å². The minimum Gasteiger partial charge on any atom is -0.475 e. The lowest BCUT2D eigenvalue weighted by molar-refractivity contribution is -0.385. The molecule has 0 bridgehead atoms. The van der Waals surface area contributed by atoms with Gasteiger partial charge in [-0.25, -0.2) is 13.1 Å². The minimum atomic E-state index is -3.91. The van der Waals surface area contributed by atoms with Gasteiger partial charge in [0.25, 0.3) is 5.69 Å². The highest BCUT2D eigenvalue weighted by Crippen LogP contribution is 2.21. The summed E-state index contributed by atoms with van der Waals surface area (Å²) in [6.45, 7) is 1.55. The lowest BCUT2D eigenvalue weighted by Crippen LogP contribution is -2.29. The lowest BCUT2D eigenvalue weighted by Gasteiger charge is -2.10. The van der Waals surface area contributed by atoms with Crippen molar-refractivity contribution in [3.8, 4) is 17.1 Å². The first-order valence-electron chi connectivity index (χ1n) is 8.63. The van der Waals surface area contributed by atoms with Crippen LogP contribution in [0.15, 0.2) is 65.6 Å². The van der Waals surface area contributed by atoms with Gasteiger partial charge in [0, 0.05) is 30.3 Å². The van der Waals surface area contributed by atoms with Crippen LogP contribution in [0, 0.1) is 17.0 Å². The fourth-order valence-electron chi connectivity index (χ4n) is 2.56. The molecule has 9 nitrogen and oxygen atoms in total. The average Bonchev–Trinajstić information content (AvgIpc) is 2.72. The van der Waals surface area contributed by atoms with Crippen LogP contribution in [-0.2, 0) is 10.0 Å². The van der Waals surface area contributed by atoms with E-state index in [-0.39, 0.29) is 29.6 Å². The third-order valence-electron chi connectivity index (χ3n) is 4.03. The highest BCUT2D eigenvalue weighted by atomic mass is 32.2.